The molecule has 4 heteroatoms. The lowest BCUT2D eigenvalue weighted by atomic mass is 10.1. The number of aryl methyl sites for hydroxylation is 1. The van der Waals surface area contributed by atoms with Crippen LogP contribution in [0.1, 0.15) is 21.6 Å². The summed E-state index contributed by atoms with van der Waals surface area (Å²) in [5.74, 6) is -0.717. The predicted molar refractivity (Wildman–Crippen MR) is 63.8 cm³/mol. The first-order valence-electron chi connectivity index (χ1n) is 5.00. The second-order valence-electron chi connectivity index (χ2n) is 3.65. The highest BCUT2D eigenvalue weighted by molar-refractivity contribution is 6.30. The van der Waals surface area contributed by atoms with E-state index < -0.39 is 5.82 Å². The van der Waals surface area contributed by atoms with Crippen molar-refractivity contribution in [2.24, 2.45) is 0 Å². The highest BCUT2D eigenvalue weighted by Crippen LogP contribution is 2.14. The predicted octanol–water partition coefficient (Wildman–Crippen LogP) is 3.41. The van der Waals surface area contributed by atoms with E-state index in [1.54, 1.807) is 25.1 Å². The molecule has 0 radical (unpaired) electrons. The lowest BCUT2D eigenvalue weighted by molar-refractivity contribution is 0.103. The largest absolute Gasteiger partial charge is 0.287 e. The molecule has 0 unspecified atom stereocenters. The van der Waals surface area contributed by atoms with Gasteiger partial charge in [0.2, 0.25) is 5.78 Å². The minimum absolute atomic E-state index is 0.248. The third kappa shape index (κ3) is 2.50. The number of halogens is 2. The average molecular weight is 250 g/mol. The van der Waals surface area contributed by atoms with E-state index in [-0.39, 0.29) is 17.0 Å². The molecule has 1 aromatic heterocycles. The first-order valence-corrected chi connectivity index (χ1v) is 5.38. The Morgan fingerprint density at radius 3 is 2.65 bits per heavy atom. The van der Waals surface area contributed by atoms with E-state index in [1.165, 1.54) is 18.3 Å². The van der Waals surface area contributed by atoms with E-state index in [1.807, 2.05) is 0 Å². The quantitative estimate of drug-likeness (QED) is 0.764. The monoisotopic (exact) mass is 249 g/mol. The lowest BCUT2D eigenvalue weighted by Crippen LogP contribution is -2.04. The maximum atomic E-state index is 13.3. The summed E-state index contributed by atoms with van der Waals surface area (Å²) in [4.78, 5) is 15.9. The smallest absolute Gasteiger partial charge is 0.211 e. The molecule has 2 nitrogen and oxygen atoms in total. The Morgan fingerprint density at radius 1 is 1.29 bits per heavy atom. The lowest BCUT2D eigenvalue weighted by Gasteiger charge is -2.02. The molecule has 2 aromatic rings. The van der Waals surface area contributed by atoms with Crippen molar-refractivity contribution in [1.29, 1.82) is 0 Å². The van der Waals surface area contributed by atoms with Crippen molar-refractivity contribution in [3.63, 3.8) is 0 Å². The highest BCUT2D eigenvalue weighted by atomic mass is 35.5. The standard InChI is InChI=1S/C13H9ClFNO/c1-8-2-3-9(6-11(8)15)13(17)12-5-4-10(14)7-16-12/h2-7H,1H3. The zero-order valence-electron chi connectivity index (χ0n) is 9.08. The van der Waals surface area contributed by atoms with Crippen LogP contribution >= 0.6 is 11.6 Å². The number of hydrogen-bond acceptors (Lipinski definition) is 2. The number of rotatable bonds is 2. The highest BCUT2D eigenvalue weighted by Gasteiger charge is 2.11. The molecule has 0 bridgehead atoms. The number of hydrogen-bond donors (Lipinski definition) is 0. The van der Waals surface area contributed by atoms with Crippen molar-refractivity contribution in [3.8, 4) is 0 Å². The molecule has 0 amide bonds. The van der Waals surface area contributed by atoms with Gasteiger partial charge in [-0.2, -0.15) is 0 Å². The summed E-state index contributed by atoms with van der Waals surface area (Å²) in [6.45, 7) is 1.64. The number of pyridine rings is 1. The van der Waals surface area contributed by atoms with Crippen molar-refractivity contribution in [2.45, 2.75) is 6.92 Å². The molecule has 0 aliphatic heterocycles. The van der Waals surface area contributed by atoms with E-state index >= 15 is 0 Å². The van der Waals surface area contributed by atoms with Crippen molar-refractivity contribution in [1.82, 2.24) is 4.98 Å². The van der Waals surface area contributed by atoms with Gasteiger partial charge in [-0.15, -0.1) is 0 Å². The Bertz CT molecular complexity index is 566. The van der Waals surface area contributed by atoms with Gasteiger partial charge in [-0.05, 0) is 30.7 Å². The molecule has 17 heavy (non-hydrogen) atoms. The summed E-state index contributed by atoms with van der Waals surface area (Å²) in [5, 5.41) is 0.455. The van der Waals surface area contributed by atoms with E-state index in [0.29, 0.717) is 10.6 Å². The van der Waals surface area contributed by atoms with Crippen LogP contribution in [-0.4, -0.2) is 10.8 Å². The zero-order chi connectivity index (χ0) is 12.4. The average Bonchev–Trinajstić information content (AvgIpc) is 2.33. The van der Waals surface area contributed by atoms with Crippen molar-refractivity contribution in [3.05, 3.63) is 64.2 Å². The van der Waals surface area contributed by atoms with Gasteiger partial charge < -0.3 is 0 Å². The van der Waals surface area contributed by atoms with Gasteiger partial charge in [-0.3, -0.25) is 9.78 Å². The van der Waals surface area contributed by atoms with Crippen LogP contribution in [0.15, 0.2) is 36.5 Å². The fourth-order valence-corrected chi connectivity index (χ4v) is 1.50. The minimum Gasteiger partial charge on any atom is -0.287 e. The Kier molecular flexibility index (Phi) is 3.20. The topological polar surface area (TPSA) is 30.0 Å². The van der Waals surface area contributed by atoms with Crippen LogP contribution in [-0.2, 0) is 0 Å². The summed E-state index contributed by atoms with van der Waals surface area (Å²) in [6, 6.07) is 7.46. The SMILES string of the molecule is Cc1ccc(C(=O)c2ccc(Cl)cn2)cc1F. The van der Waals surface area contributed by atoms with Crippen LogP contribution in [0.3, 0.4) is 0 Å². The molecule has 0 spiro atoms. The maximum absolute atomic E-state index is 13.3. The molecule has 1 heterocycles. The number of carbonyl (C=O) groups is 1. The Balaban J connectivity index is 2.37. The van der Waals surface area contributed by atoms with Gasteiger partial charge in [0, 0.05) is 11.8 Å². The fraction of sp³-hybridized carbons (Fsp3) is 0.0769. The van der Waals surface area contributed by atoms with Gasteiger partial charge in [0.05, 0.1) is 5.02 Å². The van der Waals surface area contributed by atoms with Gasteiger partial charge >= 0.3 is 0 Å². The first-order chi connectivity index (χ1) is 8.08. The van der Waals surface area contributed by atoms with Gasteiger partial charge in [0.1, 0.15) is 11.5 Å². The summed E-state index contributed by atoms with van der Waals surface area (Å²) in [6.07, 6.45) is 1.39. The molecule has 0 fully saturated rings. The summed E-state index contributed by atoms with van der Waals surface area (Å²) in [7, 11) is 0. The number of nitrogens with zero attached hydrogens (tertiary/aromatic N) is 1. The van der Waals surface area contributed by atoms with Crippen LogP contribution in [0, 0.1) is 12.7 Å². The van der Waals surface area contributed by atoms with E-state index in [9.17, 15) is 9.18 Å². The minimum atomic E-state index is -0.398. The zero-order valence-corrected chi connectivity index (χ0v) is 9.83. The fourth-order valence-electron chi connectivity index (χ4n) is 1.39. The Labute approximate surface area is 103 Å². The molecule has 0 aliphatic rings. The Hall–Kier alpha value is -1.74. The van der Waals surface area contributed by atoms with E-state index in [4.69, 9.17) is 11.6 Å². The molecule has 2 rings (SSSR count). The van der Waals surface area contributed by atoms with Crippen LogP contribution in [0.25, 0.3) is 0 Å². The molecule has 0 aliphatic carbocycles. The molecule has 0 saturated carbocycles. The second-order valence-corrected chi connectivity index (χ2v) is 4.09. The number of ketones is 1. The second kappa shape index (κ2) is 4.63. The van der Waals surface area contributed by atoms with Crippen LogP contribution in [0.4, 0.5) is 4.39 Å². The van der Waals surface area contributed by atoms with Gasteiger partial charge in [0.15, 0.2) is 0 Å². The summed E-state index contributed by atoms with van der Waals surface area (Å²) in [5.41, 5.74) is 1.03. The normalized spacial score (nSPS) is 10.3. The summed E-state index contributed by atoms with van der Waals surface area (Å²) < 4.78 is 13.3. The number of aromatic nitrogens is 1. The van der Waals surface area contributed by atoms with Crippen molar-refractivity contribution in [2.75, 3.05) is 0 Å². The van der Waals surface area contributed by atoms with Crippen LogP contribution in [0.5, 0.6) is 0 Å². The van der Waals surface area contributed by atoms with Gasteiger partial charge in [0.25, 0.3) is 0 Å². The number of benzene rings is 1. The third-order valence-corrected chi connectivity index (χ3v) is 2.62. The van der Waals surface area contributed by atoms with Crippen LogP contribution in [0.2, 0.25) is 5.02 Å². The first kappa shape index (κ1) is 11.7. The summed E-state index contributed by atoms with van der Waals surface area (Å²) >= 11 is 5.67. The van der Waals surface area contributed by atoms with Crippen molar-refractivity contribution >= 4 is 17.4 Å². The molecular weight excluding hydrogens is 241 g/mol. The number of carbonyl (C=O) groups excluding carboxylic acids is 1. The Morgan fingerprint density at radius 2 is 2.06 bits per heavy atom. The van der Waals surface area contributed by atoms with Gasteiger partial charge in [-0.25, -0.2) is 4.39 Å². The molecule has 0 N–H and O–H groups in total. The molecule has 86 valence electrons. The van der Waals surface area contributed by atoms with Crippen molar-refractivity contribution < 1.29 is 9.18 Å². The van der Waals surface area contributed by atoms with E-state index in [2.05, 4.69) is 4.98 Å². The van der Waals surface area contributed by atoms with E-state index in [0.717, 1.165) is 0 Å². The molecular formula is C13H9ClFNO. The third-order valence-electron chi connectivity index (χ3n) is 2.39. The van der Waals surface area contributed by atoms with Crippen LogP contribution < -0.4 is 0 Å². The van der Waals surface area contributed by atoms with Gasteiger partial charge in [-0.1, -0.05) is 23.7 Å². The maximum Gasteiger partial charge on any atom is 0.211 e. The molecule has 0 atom stereocenters. The molecule has 0 saturated heterocycles. The molecule has 1 aromatic carbocycles.